The van der Waals surface area contributed by atoms with Crippen LogP contribution in [0, 0.1) is 17.3 Å². The molecule has 0 aromatic carbocycles. The number of carbonyl (C=O) groups is 4. The maximum Gasteiger partial charge on any atom is 0.339 e. The molecule has 0 amide bonds. The molecule has 11 heteroatoms. The summed E-state index contributed by atoms with van der Waals surface area (Å²) in [6.45, 7) is 6.55. The largest absolute Gasteiger partial charge is 0.456 e. The minimum atomic E-state index is -2.04. The van der Waals surface area contributed by atoms with E-state index < -0.39 is 69.3 Å². The Bertz CT molecular complexity index is 1300. The summed E-state index contributed by atoms with van der Waals surface area (Å²) >= 11 is 0. The Labute approximate surface area is 238 Å². The maximum absolute atomic E-state index is 14.2. The third-order valence-electron chi connectivity index (χ3n) is 10.8. The van der Waals surface area contributed by atoms with E-state index in [0.717, 1.165) is 0 Å². The number of allylic oxidation sites excluding steroid dienone is 2. The maximum atomic E-state index is 14.2. The molecule has 2 bridgehead atoms. The minimum Gasteiger partial charge on any atom is -0.456 e. The van der Waals surface area contributed by atoms with Crippen molar-refractivity contribution < 1.29 is 53.1 Å². The summed E-state index contributed by atoms with van der Waals surface area (Å²) < 4.78 is 29.9. The quantitative estimate of drug-likeness (QED) is 0.462. The van der Waals surface area contributed by atoms with Gasteiger partial charge in [0, 0.05) is 42.8 Å². The molecule has 9 atom stereocenters. The van der Waals surface area contributed by atoms with E-state index in [1.54, 1.807) is 39.8 Å². The molecule has 2 N–H and O–H groups in total. The second-order valence-corrected chi connectivity index (χ2v) is 13.4. The van der Waals surface area contributed by atoms with Gasteiger partial charge in [0.05, 0.1) is 18.6 Å². The highest BCUT2D eigenvalue weighted by molar-refractivity contribution is 5.98. The van der Waals surface area contributed by atoms with Crippen LogP contribution in [0.25, 0.3) is 0 Å². The van der Waals surface area contributed by atoms with Gasteiger partial charge in [-0.3, -0.25) is 14.4 Å². The molecule has 41 heavy (non-hydrogen) atoms. The lowest BCUT2D eigenvalue weighted by Gasteiger charge is -2.46. The van der Waals surface area contributed by atoms with Crippen molar-refractivity contribution in [3.8, 4) is 0 Å². The standard InChI is InChI=1S/C30H38O11/c1-16(10-18-11-17(2)23(34)38-18)22(33)25(3)8-9-30(37-5)24(35)29(36)7-6-19-26(4,15-31)39-20-12-21(32)40-28(19,20)14-27(29,13-25)41-30/h10-11,16,19-20,31,36H,6-9,12-15H2,1-5H3/b18-10-/t16-,19-,20+,25+,26-,27-,28+,29+,30-/m0/s1. The third-order valence-corrected chi connectivity index (χ3v) is 10.8. The second kappa shape index (κ2) is 8.79. The second-order valence-electron chi connectivity index (χ2n) is 13.4. The number of aliphatic hydroxyl groups excluding tert-OH is 1. The Balaban J connectivity index is 1.44. The van der Waals surface area contributed by atoms with Gasteiger partial charge in [0.15, 0.2) is 5.60 Å². The van der Waals surface area contributed by atoms with Crippen LogP contribution in [-0.2, 0) is 42.9 Å². The fourth-order valence-electron chi connectivity index (χ4n) is 8.72. The van der Waals surface area contributed by atoms with Crippen molar-refractivity contribution in [2.75, 3.05) is 13.7 Å². The topological polar surface area (TPSA) is 155 Å². The number of rotatable bonds is 5. The van der Waals surface area contributed by atoms with E-state index in [1.165, 1.54) is 7.11 Å². The van der Waals surface area contributed by atoms with Gasteiger partial charge in [-0.1, -0.05) is 13.8 Å². The lowest BCUT2D eigenvalue weighted by Crippen LogP contribution is -2.61. The average molecular weight is 575 g/mol. The first-order valence-electron chi connectivity index (χ1n) is 14.3. The van der Waals surface area contributed by atoms with Crippen LogP contribution in [0.4, 0.5) is 0 Å². The number of hydrogen-bond donors (Lipinski definition) is 2. The molecule has 2 spiro atoms. The minimum absolute atomic E-state index is 0.0313. The number of ether oxygens (including phenoxy) is 5. The first-order valence-corrected chi connectivity index (χ1v) is 14.3. The highest BCUT2D eigenvalue weighted by Gasteiger charge is 2.80. The van der Waals surface area contributed by atoms with Gasteiger partial charge in [0.1, 0.15) is 28.8 Å². The number of esters is 2. The zero-order valence-electron chi connectivity index (χ0n) is 24.1. The van der Waals surface area contributed by atoms with E-state index in [1.807, 2.05) is 0 Å². The van der Waals surface area contributed by atoms with Gasteiger partial charge in [-0.15, -0.1) is 0 Å². The Kier molecular flexibility index (Phi) is 6.15. The molecule has 1 aliphatic carbocycles. The first-order chi connectivity index (χ1) is 19.1. The fourth-order valence-corrected chi connectivity index (χ4v) is 8.72. The molecule has 5 fully saturated rings. The molecule has 5 heterocycles. The van der Waals surface area contributed by atoms with Crippen molar-refractivity contribution in [2.24, 2.45) is 17.3 Å². The molecular weight excluding hydrogens is 536 g/mol. The number of methoxy groups -OCH3 is 1. The van der Waals surface area contributed by atoms with Crippen molar-refractivity contribution in [3.63, 3.8) is 0 Å². The van der Waals surface area contributed by atoms with Gasteiger partial charge in [-0.25, -0.2) is 4.79 Å². The predicted octanol–water partition coefficient (Wildman–Crippen LogP) is 1.82. The molecule has 0 unspecified atom stereocenters. The molecule has 0 aromatic heterocycles. The SMILES string of the molecule is CO[C@]12CC[C@@](C)(C(=O)[C@@H](C)/C=C3/C=C(C)C(=O)O3)C[C@@]3(C[C@]45OC(=O)C[C@H]4O[C@@](C)(CO)[C@@H]5CC[C@@]3(O)C1=O)O2. The molecule has 0 aromatic rings. The Morgan fingerprint density at radius 3 is 2.56 bits per heavy atom. The van der Waals surface area contributed by atoms with Gasteiger partial charge in [-0.05, 0) is 51.7 Å². The molecular formula is C30H38O11. The Morgan fingerprint density at radius 2 is 1.93 bits per heavy atom. The number of carbonyl (C=O) groups excluding carboxylic acids is 4. The smallest absolute Gasteiger partial charge is 0.339 e. The lowest BCUT2D eigenvalue weighted by molar-refractivity contribution is -0.254. The van der Waals surface area contributed by atoms with Crippen LogP contribution >= 0.6 is 0 Å². The van der Waals surface area contributed by atoms with Gasteiger partial charge in [0.2, 0.25) is 11.6 Å². The van der Waals surface area contributed by atoms with Crippen molar-refractivity contribution in [2.45, 2.75) is 107 Å². The number of fused-ring (bicyclic) bond motifs is 1. The van der Waals surface area contributed by atoms with Gasteiger partial charge in [0.25, 0.3) is 0 Å². The zero-order chi connectivity index (χ0) is 29.8. The number of hydrogen-bond acceptors (Lipinski definition) is 11. The van der Waals surface area contributed by atoms with E-state index in [0.29, 0.717) is 11.3 Å². The van der Waals surface area contributed by atoms with Crippen molar-refractivity contribution >= 4 is 23.5 Å². The third kappa shape index (κ3) is 3.68. The van der Waals surface area contributed by atoms with Gasteiger partial charge < -0.3 is 33.9 Å². The van der Waals surface area contributed by atoms with Crippen molar-refractivity contribution in [1.82, 2.24) is 0 Å². The normalized spacial score (nSPS) is 48.5. The number of aliphatic hydroxyl groups is 2. The van der Waals surface area contributed by atoms with E-state index in [2.05, 4.69) is 0 Å². The molecule has 11 nitrogen and oxygen atoms in total. The van der Waals surface area contributed by atoms with Gasteiger partial charge in [-0.2, -0.15) is 0 Å². The molecule has 224 valence electrons. The molecule has 5 aliphatic heterocycles. The average Bonchev–Trinajstić information content (AvgIpc) is 3.45. The van der Waals surface area contributed by atoms with Crippen molar-refractivity contribution in [3.05, 3.63) is 23.5 Å². The molecule has 6 aliphatic rings. The number of ketones is 2. The van der Waals surface area contributed by atoms with Crippen molar-refractivity contribution in [1.29, 1.82) is 0 Å². The van der Waals surface area contributed by atoms with Crippen LogP contribution in [0.5, 0.6) is 0 Å². The highest BCUT2D eigenvalue weighted by Crippen LogP contribution is 2.66. The van der Waals surface area contributed by atoms with Crippen LogP contribution in [0.15, 0.2) is 23.5 Å². The summed E-state index contributed by atoms with van der Waals surface area (Å²) in [5.74, 6) is -4.37. The van der Waals surface area contributed by atoms with E-state index in [4.69, 9.17) is 23.7 Å². The predicted molar refractivity (Wildman–Crippen MR) is 139 cm³/mol. The highest BCUT2D eigenvalue weighted by atomic mass is 16.7. The monoisotopic (exact) mass is 574 g/mol. The fraction of sp³-hybridized carbons (Fsp3) is 0.733. The zero-order valence-corrected chi connectivity index (χ0v) is 24.1. The summed E-state index contributed by atoms with van der Waals surface area (Å²) in [5.41, 5.74) is -6.68. The van der Waals surface area contributed by atoms with Crippen LogP contribution in [-0.4, -0.2) is 81.7 Å². The summed E-state index contributed by atoms with van der Waals surface area (Å²) in [5, 5.41) is 22.7. The van der Waals surface area contributed by atoms with Crippen LogP contribution in [0.3, 0.4) is 0 Å². The molecule has 1 saturated carbocycles. The molecule has 6 rings (SSSR count). The Hall–Kier alpha value is -2.44. The molecule has 4 saturated heterocycles. The van der Waals surface area contributed by atoms with E-state index in [9.17, 15) is 29.4 Å². The summed E-state index contributed by atoms with van der Waals surface area (Å²) in [6, 6.07) is 0. The lowest BCUT2D eigenvalue weighted by atomic mass is 9.61. The number of cyclic esters (lactones) is 1. The summed E-state index contributed by atoms with van der Waals surface area (Å²) in [7, 11) is 1.35. The Morgan fingerprint density at radius 1 is 1.20 bits per heavy atom. The molecule has 0 radical (unpaired) electrons. The first kappa shape index (κ1) is 28.7. The van der Waals surface area contributed by atoms with E-state index in [-0.39, 0.29) is 57.3 Å². The van der Waals surface area contributed by atoms with Crippen LogP contribution in [0.2, 0.25) is 0 Å². The summed E-state index contributed by atoms with van der Waals surface area (Å²) in [6.07, 6.45) is 2.75. The summed E-state index contributed by atoms with van der Waals surface area (Å²) in [4.78, 5) is 52.8. The number of Topliss-reactive ketones (excluding diaryl/α,β-unsaturated/α-hetero) is 2. The van der Waals surface area contributed by atoms with Crippen LogP contribution < -0.4 is 0 Å². The van der Waals surface area contributed by atoms with Crippen LogP contribution in [0.1, 0.15) is 72.6 Å². The van der Waals surface area contributed by atoms with Gasteiger partial charge >= 0.3 is 11.9 Å². The van der Waals surface area contributed by atoms with E-state index >= 15 is 0 Å².